The van der Waals surface area contributed by atoms with Gasteiger partial charge in [0.2, 0.25) is 15.9 Å². The van der Waals surface area contributed by atoms with Crippen molar-refractivity contribution in [3.63, 3.8) is 0 Å². The van der Waals surface area contributed by atoms with Gasteiger partial charge in [0, 0.05) is 67.4 Å². The number of pyridine rings is 1. The first-order valence-electron chi connectivity index (χ1n) is 16.2. The fraction of sp³-hybridized carbons (Fsp3) is 0.400. The molecule has 2 atom stereocenters. The maximum atomic E-state index is 14.8. The van der Waals surface area contributed by atoms with Gasteiger partial charge in [0.1, 0.15) is 6.04 Å². The summed E-state index contributed by atoms with van der Waals surface area (Å²) in [6, 6.07) is 16.9. The van der Waals surface area contributed by atoms with Crippen LogP contribution in [0.3, 0.4) is 0 Å². The van der Waals surface area contributed by atoms with Gasteiger partial charge in [-0.05, 0) is 82.1 Å². The molecule has 6 rings (SSSR count). The Morgan fingerprint density at radius 3 is 2.66 bits per heavy atom. The van der Waals surface area contributed by atoms with Crippen LogP contribution in [0.1, 0.15) is 53.8 Å². The fourth-order valence-corrected chi connectivity index (χ4v) is 9.09. The van der Waals surface area contributed by atoms with Crippen molar-refractivity contribution in [1.82, 2.24) is 28.6 Å². The van der Waals surface area contributed by atoms with Crippen LogP contribution >= 0.6 is 27.5 Å². The van der Waals surface area contributed by atoms with E-state index in [-0.39, 0.29) is 30.8 Å². The number of nitrogens with zero attached hydrogens (tertiary/aromatic N) is 6. The van der Waals surface area contributed by atoms with Crippen molar-refractivity contribution in [3.8, 4) is 0 Å². The number of fused-ring (bicyclic) bond motifs is 2. The van der Waals surface area contributed by atoms with Crippen molar-refractivity contribution < 1.29 is 13.2 Å². The van der Waals surface area contributed by atoms with E-state index in [0.29, 0.717) is 44.0 Å². The second-order valence-corrected chi connectivity index (χ2v) is 15.7. The highest BCUT2D eigenvalue weighted by Crippen LogP contribution is 2.39. The molecule has 1 amide bonds. The van der Waals surface area contributed by atoms with Crippen LogP contribution < -0.4 is 0 Å². The molecule has 0 bridgehead atoms. The summed E-state index contributed by atoms with van der Waals surface area (Å²) in [6.45, 7) is 4.37. The smallest absolute Gasteiger partial charge is 0.242 e. The normalized spacial score (nSPS) is 18.7. The van der Waals surface area contributed by atoms with Crippen molar-refractivity contribution in [2.24, 2.45) is 0 Å². The van der Waals surface area contributed by atoms with Crippen LogP contribution in [0.2, 0.25) is 5.02 Å². The number of sulfonamides is 1. The summed E-state index contributed by atoms with van der Waals surface area (Å²) in [5.74, 6) is -0.183. The van der Waals surface area contributed by atoms with Crippen LogP contribution in [0.4, 0.5) is 0 Å². The minimum atomic E-state index is -3.68. The van der Waals surface area contributed by atoms with Crippen molar-refractivity contribution in [2.45, 2.75) is 57.8 Å². The molecule has 1 aliphatic carbocycles. The lowest BCUT2D eigenvalue weighted by Crippen LogP contribution is -2.61. The number of piperazine rings is 1. The minimum absolute atomic E-state index is 0.000723. The molecule has 3 heterocycles. The van der Waals surface area contributed by atoms with Gasteiger partial charge in [-0.15, -0.1) is 0 Å². The van der Waals surface area contributed by atoms with Crippen LogP contribution in [-0.4, -0.2) is 80.9 Å². The highest BCUT2D eigenvalue weighted by atomic mass is 79.9. The zero-order valence-electron chi connectivity index (χ0n) is 26.5. The molecule has 1 saturated heterocycles. The maximum absolute atomic E-state index is 14.8. The van der Waals surface area contributed by atoms with Gasteiger partial charge in [0.15, 0.2) is 0 Å². The molecule has 248 valence electrons. The summed E-state index contributed by atoms with van der Waals surface area (Å²) in [5.41, 5.74) is 5.31. The second kappa shape index (κ2) is 15.0. The number of carbonyl (C=O) groups is 1. The summed E-state index contributed by atoms with van der Waals surface area (Å²) in [6.07, 6.45) is 10.0. The molecule has 0 radical (unpaired) electrons. The number of rotatable bonds is 11. The minimum Gasteiger partial charge on any atom is -0.337 e. The molecule has 0 spiro atoms. The SMILES string of the molecule is CCCS(=O)(=O)N1CCN([C@@H]2c3ccc(Cl)cc3CCc3cc(Br)cnc32)C[C@@H]1C(=O)N(CCCn1ccnc1)Cc1ccccc1. The molecule has 0 saturated carbocycles. The van der Waals surface area contributed by atoms with E-state index in [9.17, 15) is 13.2 Å². The van der Waals surface area contributed by atoms with Gasteiger partial charge < -0.3 is 9.47 Å². The first-order valence-corrected chi connectivity index (χ1v) is 19.0. The first kappa shape index (κ1) is 33.8. The molecule has 12 heteroatoms. The lowest BCUT2D eigenvalue weighted by Gasteiger charge is -2.44. The second-order valence-electron chi connectivity index (χ2n) is 12.3. The number of benzene rings is 2. The van der Waals surface area contributed by atoms with E-state index in [1.807, 2.05) is 71.2 Å². The Balaban J connectivity index is 1.37. The van der Waals surface area contributed by atoms with Gasteiger partial charge in [-0.25, -0.2) is 13.4 Å². The van der Waals surface area contributed by atoms with Crippen molar-refractivity contribution in [1.29, 1.82) is 0 Å². The summed E-state index contributed by atoms with van der Waals surface area (Å²) in [4.78, 5) is 27.9. The average Bonchev–Trinajstić information content (AvgIpc) is 3.53. The highest BCUT2D eigenvalue weighted by molar-refractivity contribution is 9.10. The number of hydrogen-bond donors (Lipinski definition) is 0. The quantitative estimate of drug-likeness (QED) is 0.195. The third-order valence-electron chi connectivity index (χ3n) is 9.05. The molecule has 9 nitrogen and oxygen atoms in total. The fourth-order valence-electron chi connectivity index (χ4n) is 6.86. The van der Waals surface area contributed by atoms with Gasteiger partial charge in [-0.3, -0.25) is 14.7 Å². The van der Waals surface area contributed by atoms with Gasteiger partial charge in [-0.2, -0.15) is 4.31 Å². The Morgan fingerprint density at radius 2 is 1.89 bits per heavy atom. The molecule has 1 fully saturated rings. The molecule has 2 aromatic heterocycles. The monoisotopic (exact) mass is 738 g/mol. The summed E-state index contributed by atoms with van der Waals surface area (Å²) in [5, 5.41) is 0.679. The third kappa shape index (κ3) is 7.81. The Labute approximate surface area is 290 Å². The van der Waals surface area contributed by atoms with E-state index < -0.39 is 16.1 Å². The lowest BCUT2D eigenvalue weighted by molar-refractivity contribution is -0.138. The summed E-state index contributed by atoms with van der Waals surface area (Å²) < 4.78 is 31.9. The van der Waals surface area contributed by atoms with Gasteiger partial charge in [0.25, 0.3) is 0 Å². The predicted molar refractivity (Wildman–Crippen MR) is 187 cm³/mol. The molecular weight excluding hydrogens is 700 g/mol. The highest BCUT2D eigenvalue weighted by Gasteiger charge is 2.44. The van der Waals surface area contributed by atoms with Crippen LogP contribution in [0.15, 0.2) is 84.0 Å². The lowest BCUT2D eigenvalue weighted by atomic mass is 9.95. The number of halogens is 2. The van der Waals surface area contributed by atoms with Crippen LogP contribution in [-0.2, 0) is 40.7 Å². The number of hydrogen-bond acceptors (Lipinski definition) is 6. The Kier molecular flexibility index (Phi) is 10.8. The van der Waals surface area contributed by atoms with Crippen LogP contribution in [0, 0.1) is 0 Å². The summed E-state index contributed by atoms with van der Waals surface area (Å²) in [7, 11) is -3.68. The van der Waals surface area contributed by atoms with E-state index >= 15 is 0 Å². The topological polar surface area (TPSA) is 91.6 Å². The molecule has 2 aliphatic rings. The number of aryl methyl sites for hydroxylation is 3. The first-order chi connectivity index (χ1) is 22.7. The molecule has 1 aliphatic heterocycles. The van der Waals surface area contributed by atoms with Crippen molar-refractivity contribution in [3.05, 3.63) is 117 Å². The Bertz CT molecular complexity index is 1740. The van der Waals surface area contributed by atoms with Gasteiger partial charge in [0.05, 0.1) is 23.8 Å². The Hall–Kier alpha value is -3.09. The van der Waals surface area contributed by atoms with Gasteiger partial charge >= 0.3 is 0 Å². The average molecular weight is 740 g/mol. The molecule has 4 aromatic rings. The summed E-state index contributed by atoms with van der Waals surface area (Å²) >= 11 is 10.1. The molecule has 0 N–H and O–H groups in total. The van der Waals surface area contributed by atoms with Crippen molar-refractivity contribution >= 4 is 43.5 Å². The Morgan fingerprint density at radius 1 is 1.09 bits per heavy atom. The molecule has 2 aromatic carbocycles. The van der Waals surface area contributed by atoms with E-state index in [0.717, 1.165) is 45.3 Å². The van der Waals surface area contributed by atoms with E-state index in [1.54, 1.807) is 12.5 Å². The number of imidazole rings is 1. The van der Waals surface area contributed by atoms with Crippen LogP contribution in [0.25, 0.3) is 0 Å². The molecule has 0 unspecified atom stereocenters. The van der Waals surface area contributed by atoms with Gasteiger partial charge in [-0.1, -0.05) is 54.9 Å². The zero-order valence-corrected chi connectivity index (χ0v) is 29.7. The largest absolute Gasteiger partial charge is 0.337 e. The zero-order chi connectivity index (χ0) is 33.0. The molecular formula is C35H40BrClN6O3S. The number of aromatic nitrogens is 3. The van der Waals surface area contributed by atoms with E-state index in [2.05, 4.69) is 37.9 Å². The standard InChI is InChI=1S/C35H40BrClN6O3S/c1-2-19-47(45,46)43-18-17-41(34-31-12-11-30(37)21-27(31)9-10-28-20-29(36)22-39-33(28)34)24-32(43)35(44)42(23-26-7-4-3-5-8-26)15-6-14-40-16-13-38-25-40/h3-5,7-8,11-13,16,20-22,25,32,34H,2,6,9-10,14-15,17-19,23-24H2,1H3/t32-,34-/m1/s1. The van der Waals surface area contributed by atoms with Crippen LogP contribution in [0.5, 0.6) is 0 Å². The van der Waals surface area contributed by atoms with E-state index in [4.69, 9.17) is 16.6 Å². The van der Waals surface area contributed by atoms with Crippen molar-refractivity contribution in [2.75, 3.05) is 31.9 Å². The number of carbonyl (C=O) groups excluding carboxylic acids is 1. The third-order valence-corrected chi connectivity index (χ3v) is 11.8. The number of amides is 1. The predicted octanol–water partition coefficient (Wildman–Crippen LogP) is 5.73. The molecule has 47 heavy (non-hydrogen) atoms. The maximum Gasteiger partial charge on any atom is 0.242 e. The van der Waals surface area contributed by atoms with E-state index in [1.165, 1.54) is 4.31 Å².